The van der Waals surface area contributed by atoms with Crippen LogP contribution < -0.4 is 15.2 Å². The van der Waals surface area contributed by atoms with Crippen molar-refractivity contribution in [3.05, 3.63) is 0 Å². The van der Waals surface area contributed by atoms with Gasteiger partial charge in [0.1, 0.15) is 29.3 Å². The first-order chi connectivity index (χ1) is 32.4. The summed E-state index contributed by atoms with van der Waals surface area (Å²) in [6.07, 6.45) is -5.08. The van der Waals surface area contributed by atoms with Crippen molar-refractivity contribution in [1.82, 2.24) is 14.3 Å². The molecule has 0 aliphatic rings. The average molecular weight is 1290 g/mol. The molecule has 0 aromatic heterocycles. The fourth-order valence-electron chi connectivity index (χ4n) is 3.27. The monoisotopic (exact) mass is 1290 g/mol. The van der Waals surface area contributed by atoms with Crippen LogP contribution in [-0.2, 0) is 72.6 Å². The molecule has 0 rings (SSSR count). The van der Waals surface area contributed by atoms with Gasteiger partial charge in [0, 0.05) is 0 Å². The lowest BCUT2D eigenvalue weighted by Gasteiger charge is -2.26. The van der Waals surface area contributed by atoms with Crippen molar-refractivity contribution in [3.63, 3.8) is 0 Å². The van der Waals surface area contributed by atoms with E-state index in [9.17, 15) is 114 Å². The zero-order chi connectivity index (χ0) is 62.5. The Hall–Kier alpha value is -3.28. The predicted molar refractivity (Wildman–Crippen MR) is 255 cm³/mol. The van der Waals surface area contributed by atoms with Crippen molar-refractivity contribution in [2.24, 2.45) is 23.5 Å². The second-order valence-corrected chi connectivity index (χ2v) is 23.7. The number of nitrogens with two attached hydrogens (primary N) is 1. The summed E-state index contributed by atoms with van der Waals surface area (Å²) in [5, 5.41) is 15.6. The highest BCUT2D eigenvalue weighted by molar-refractivity contribution is 8.00. The van der Waals surface area contributed by atoms with Gasteiger partial charge in [-0.1, -0.05) is 77.2 Å². The predicted octanol–water partition coefficient (Wildman–Crippen LogP) is 8.02. The normalized spacial score (nSPS) is 13.8. The minimum Gasteiger partial charge on any atom is -0.480 e. The third kappa shape index (κ3) is 41.7. The summed E-state index contributed by atoms with van der Waals surface area (Å²) in [6, 6.07) is -3.90. The number of nitrogens with one attached hydrogen (secondary N) is 2. The maximum Gasteiger partial charge on any atom is 0.524 e. The summed E-state index contributed by atoms with van der Waals surface area (Å²) < 4.78 is 270. The lowest BCUT2D eigenvalue weighted by molar-refractivity contribution is -0.192. The van der Waals surface area contributed by atoms with Gasteiger partial charge in [-0.2, -0.15) is 92.1 Å². The zero-order valence-electron chi connectivity index (χ0n) is 42.8. The number of carbonyl (C=O) groups is 4. The molecular weight excluding hydrogens is 1220 g/mol. The average Bonchev–Trinajstić information content (AvgIpc) is 3.13. The zero-order valence-corrected chi connectivity index (χ0v) is 46.9. The highest BCUT2D eigenvalue weighted by atomic mass is 35.5. The van der Waals surface area contributed by atoms with E-state index in [1.54, 1.807) is 0 Å². The van der Waals surface area contributed by atoms with Crippen molar-refractivity contribution in [3.8, 4) is 0 Å². The first kappa shape index (κ1) is 94.0. The Morgan fingerprint density at radius 2 is 0.744 bits per heavy atom. The number of esters is 2. The number of carboxylic acid groups (broad SMARTS) is 2. The van der Waals surface area contributed by atoms with Crippen LogP contribution in [0.4, 0.5) is 65.9 Å². The number of carbonyl (C=O) groups excluding carboxylic acids is 2. The van der Waals surface area contributed by atoms with E-state index in [2.05, 4.69) is 25.7 Å². The van der Waals surface area contributed by atoms with Gasteiger partial charge in [0.15, 0.2) is 0 Å². The molecule has 41 heteroatoms. The van der Waals surface area contributed by atoms with E-state index in [1.165, 1.54) is 72.8 Å². The molecule has 0 aromatic rings. The number of aliphatic carboxylic acids is 2. The van der Waals surface area contributed by atoms with Gasteiger partial charge in [0.25, 0.3) is 0 Å². The quantitative estimate of drug-likeness (QED) is 0.0588. The van der Waals surface area contributed by atoms with Gasteiger partial charge >= 0.3 is 92.4 Å². The second-order valence-electron chi connectivity index (χ2n) is 17.0. The van der Waals surface area contributed by atoms with E-state index in [0.29, 0.717) is 0 Å². The van der Waals surface area contributed by atoms with E-state index in [1.807, 2.05) is 38.2 Å². The molecule has 0 bridgehead atoms. The topological polar surface area (TPSA) is 326 Å². The maximum atomic E-state index is 12.3. The molecule has 0 aliphatic heterocycles. The molecular formula is C37H72ClF15N4O17S4. The van der Waals surface area contributed by atoms with E-state index in [4.69, 9.17) is 30.2 Å². The van der Waals surface area contributed by atoms with Gasteiger partial charge < -0.3 is 30.3 Å². The molecule has 78 heavy (non-hydrogen) atoms. The number of nitrogens with zero attached hydrogens (tertiary/aromatic N) is 1. The van der Waals surface area contributed by atoms with Gasteiger partial charge in [0.2, 0.25) is 0 Å². The number of carboxylic acids is 2. The van der Waals surface area contributed by atoms with Crippen molar-refractivity contribution in [2.75, 3.05) is 19.6 Å². The van der Waals surface area contributed by atoms with Gasteiger partial charge in [0.05, 0.1) is 0 Å². The molecule has 0 aliphatic carbocycles. The van der Waals surface area contributed by atoms with Gasteiger partial charge in [-0.3, -0.25) is 14.4 Å². The van der Waals surface area contributed by atoms with Crippen LogP contribution >= 0.6 is 12.4 Å². The Morgan fingerprint density at radius 3 is 0.897 bits per heavy atom. The number of halogens is 16. The standard InChI is InChI=1S/C10H18F3NO4S.C9H19NO2.C6H10F3NO4S.C6H15N.C2F6O5S2.C2HF3O2.2CH4.ClH/c1-6(2)7(8(15)18-9(3,4)5)14-19(16,17)10(11,12)13;1-6(2)7(10)8(11)12-9(3,4)5;1-3(2)4(5(11)12)10-15(13,14)6(7,8)9;1-4-7(5-2)6-3;3-1(4,5)14(9,10)13-15(11,12)2(6,7)8;3-2(4,5)1(6)7;;;/h6-7,14H,1-5H3;6-7H,10H2,1-5H3;3-4,10H,1-2H3,(H,11,12);4-6H2,1-3H3;;(H,6,7);2*1H4;1H/t2*7-;4-;;;;;;/m000....../s1. The fraction of sp³-hybridized carbons (Fsp3) is 0.892. The summed E-state index contributed by atoms with van der Waals surface area (Å²) in [7, 11) is -24.9. The number of ether oxygens (including phenoxy) is 2. The molecule has 0 fully saturated rings. The molecule has 0 amide bonds. The van der Waals surface area contributed by atoms with Crippen molar-refractivity contribution in [2.45, 2.75) is 176 Å². The number of hydrogen-bond donors (Lipinski definition) is 5. The largest absolute Gasteiger partial charge is 0.524 e. The molecule has 21 nitrogen and oxygen atoms in total. The minimum absolute atomic E-state index is 0. The Morgan fingerprint density at radius 1 is 0.500 bits per heavy atom. The number of rotatable bonds is 15. The maximum absolute atomic E-state index is 12.3. The molecule has 3 atom stereocenters. The van der Waals surface area contributed by atoms with Crippen LogP contribution in [-0.4, -0.2) is 150 Å². The first-order valence-electron chi connectivity index (χ1n) is 20.4. The molecule has 0 saturated carbocycles. The van der Waals surface area contributed by atoms with E-state index < -0.39 is 128 Å². The molecule has 0 heterocycles. The highest BCUT2D eigenvalue weighted by Crippen LogP contribution is 2.32. The molecule has 0 unspecified atom stereocenters. The number of alkyl halides is 15. The SMILES string of the molecule is C.C.CC(C)[C@H](N)C(=O)OC(C)(C)C.CC(C)[C@H](NS(=O)(=O)C(F)(F)F)C(=O)O.CC(C)[C@H](NS(=O)(=O)C(F)(F)F)C(=O)OC(C)(C)C.CCN(CC)CC.Cl.O=C(O)C(F)(F)F.O=S(=O)(OS(=O)(=O)C(F)(F)F)C(F)(F)F. The number of sulfonamides is 2. The van der Waals surface area contributed by atoms with Crippen LogP contribution in [0.2, 0.25) is 0 Å². The van der Waals surface area contributed by atoms with Crippen molar-refractivity contribution in [1.29, 1.82) is 0 Å². The Kier molecular flexibility index (Phi) is 43.7. The lowest BCUT2D eigenvalue weighted by Crippen LogP contribution is -2.50. The summed E-state index contributed by atoms with van der Waals surface area (Å²) >= 11 is 0. The van der Waals surface area contributed by atoms with Crippen LogP contribution in [0.25, 0.3) is 0 Å². The van der Waals surface area contributed by atoms with Crippen molar-refractivity contribution >= 4 is 76.6 Å². The molecule has 0 spiro atoms. The Balaban J connectivity index is -0.000000107. The summed E-state index contributed by atoms with van der Waals surface area (Å²) in [5.74, 6) is -7.13. The molecule has 0 saturated heterocycles. The third-order valence-electron chi connectivity index (χ3n) is 7.16. The van der Waals surface area contributed by atoms with Gasteiger partial charge in [-0.05, 0) is 78.9 Å². The highest BCUT2D eigenvalue weighted by Gasteiger charge is 2.57. The third-order valence-corrected chi connectivity index (χ3v) is 12.1. The van der Waals surface area contributed by atoms with Crippen LogP contribution in [0, 0.1) is 17.8 Å². The number of hydrogen-bond acceptors (Lipinski definition) is 17. The summed E-state index contributed by atoms with van der Waals surface area (Å²) in [5.41, 5.74) is -19.3. The molecule has 478 valence electrons. The molecule has 0 radical (unpaired) electrons. The first-order valence-corrected chi connectivity index (χ1v) is 26.1. The summed E-state index contributed by atoms with van der Waals surface area (Å²) in [4.78, 5) is 44.7. The van der Waals surface area contributed by atoms with Crippen LogP contribution in [0.15, 0.2) is 0 Å². The second kappa shape index (κ2) is 36.2. The Labute approximate surface area is 451 Å². The van der Waals surface area contributed by atoms with Crippen LogP contribution in [0.3, 0.4) is 0 Å². The summed E-state index contributed by atoms with van der Waals surface area (Å²) in [6.45, 7) is 29.4. The van der Waals surface area contributed by atoms with E-state index >= 15 is 0 Å². The van der Waals surface area contributed by atoms with E-state index in [0.717, 1.165) is 4.72 Å². The fourth-order valence-corrected chi connectivity index (χ4v) is 6.51. The Bertz CT molecular complexity index is 2160. The lowest BCUT2D eigenvalue weighted by atomic mass is 10.1. The van der Waals surface area contributed by atoms with Crippen LogP contribution in [0.1, 0.15) is 119 Å². The molecule has 6 N–H and O–H groups in total. The molecule has 0 aromatic carbocycles. The van der Waals surface area contributed by atoms with Crippen molar-refractivity contribution < 1.29 is 142 Å². The minimum atomic E-state index is -6.85. The van der Waals surface area contributed by atoms with Gasteiger partial charge in [-0.15, -0.1) is 16.0 Å². The van der Waals surface area contributed by atoms with Crippen LogP contribution in [0.5, 0.6) is 0 Å². The van der Waals surface area contributed by atoms with Gasteiger partial charge in [-0.25, -0.2) is 21.6 Å². The van der Waals surface area contributed by atoms with E-state index in [-0.39, 0.29) is 39.1 Å². The smallest absolute Gasteiger partial charge is 0.480 e.